The summed E-state index contributed by atoms with van der Waals surface area (Å²) in [6.07, 6.45) is 4.87. The molecule has 114 valence electrons. The SMILES string of the molecule is CCCn1ccnc1CNc1cc(Cl)c(OC)cc1OC. The molecule has 0 bridgehead atoms. The maximum atomic E-state index is 6.16. The Bertz CT molecular complexity index is 599. The van der Waals surface area contributed by atoms with E-state index in [1.807, 2.05) is 12.4 Å². The molecule has 6 heteroatoms. The monoisotopic (exact) mass is 309 g/mol. The minimum absolute atomic E-state index is 0.540. The van der Waals surface area contributed by atoms with Gasteiger partial charge in [0.2, 0.25) is 0 Å². The van der Waals surface area contributed by atoms with Crippen LogP contribution in [0.2, 0.25) is 5.02 Å². The molecule has 0 unspecified atom stereocenters. The molecule has 2 rings (SSSR count). The van der Waals surface area contributed by atoms with Crippen LogP contribution in [0.4, 0.5) is 5.69 Å². The number of anilines is 1. The fourth-order valence-electron chi connectivity index (χ4n) is 2.12. The quantitative estimate of drug-likeness (QED) is 0.849. The lowest BCUT2D eigenvalue weighted by Gasteiger charge is -2.14. The number of methoxy groups -OCH3 is 2. The van der Waals surface area contributed by atoms with Gasteiger partial charge in [-0.25, -0.2) is 4.98 Å². The largest absolute Gasteiger partial charge is 0.495 e. The number of imidazole rings is 1. The van der Waals surface area contributed by atoms with Gasteiger partial charge in [0.25, 0.3) is 0 Å². The number of halogens is 1. The summed E-state index contributed by atoms with van der Waals surface area (Å²) in [5.74, 6) is 2.25. The Morgan fingerprint density at radius 2 is 2.00 bits per heavy atom. The highest BCUT2D eigenvalue weighted by Gasteiger charge is 2.10. The fourth-order valence-corrected chi connectivity index (χ4v) is 2.37. The third-order valence-electron chi connectivity index (χ3n) is 3.18. The summed E-state index contributed by atoms with van der Waals surface area (Å²) in [7, 11) is 3.20. The van der Waals surface area contributed by atoms with E-state index < -0.39 is 0 Å². The Labute approximate surface area is 129 Å². The zero-order chi connectivity index (χ0) is 15.2. The number of hydrogen-bond acceptors (Lipinski definition) is 4. The van der Waals surface area contributed by atoms with Crippen molar-refractivity contribution in [3.8, 4) is 11.5 Å². The van der Waals surface area contributed by atoms with E-state index in [1.54, 1.807) is 26.4 Å². The van der Waals surface area contributed by atoms with Gasteiger partial charge in [0.05, 0.1) is 31.5 Å². The summed E-state index contributed by atoms with van der Waals surface area (Å²) in [4.78, 5) is 4.36. The van der Waals surface area contributed by atoms with E-state index in [2.05, 4.69) is 21.8 Å². The summed E-state index contributed by atoms with van der Waals surface area (Å²) in [5.41, 5.74) is 0.814. The number of nitrogens with one attached hydrogen (secondary N) is 1. The van der Waals surface area contributed by atoms with Crippen molar-refractivity contribution in [2.45, 2.75) is 26.4 Å². The van der Waals surface area contributed by atoms with Crippen molar-refractivity contribution in [3.05, 3.63) is 35.4 Å². The van der Waals surface area contributed by atoms with Gasteiger partial charge in [0.15, 0.2) is 0 Å². The van der Waals surface area contributed by atoms with E-state index in [1.165, 1.54) is 0 Å². The standard InChI is InChI=1S/C15H20ClN3O2/c1-4-6-19-7-5-17-15(19)10-18-12-8-11(16)13(20-2)9-14(12)21-3/h5,7-9,18H,4,6,10H2,1-3H3. The van der Waals surface area contributed by atoms with Crippen LogP contribution in [0.1, 0.15) is 19.2 Å². The lowest BCUT2D eigenvalue weighted by molar-refractivity contribution is 0.395. The molecule has 0 aliphatic carbocycles. The molecule has 0 amide bonds. The zero-order valence-corrected chi connectivity index (χ0v) is 13.3. The predicted molar refractivity (Wildman–Crippen MR) is 84.4 cm³/mol. The molecule has 0 aliphatic heterocycles. The Kier molecular flexibility index (Phi) is 5.33. The second-order valence-corrected chi connectivity index (χ2v) is 4.98. The lowest BCUT2D eigenvalue weighted by atomic mass is 10.2. The Hall–Kier alpha value is -1.88. The first kappa shape index (κ1) is 15.5. The Morgan fingerprint density at radius 1 is 1.24 bits per heavy atom. The Balaban J connectivity index is 2.15. The van der Waals surface area contributed by atoms with Crippen LogP contribution in [0.15, 0.2) is 24.5 Å². The molecule has 5 nitrogen and oxygen atoms in total. The van der Waals surface area contributed by atoms with Gasteiger partial charge in [-0.05, 0) is 12.5 Å². The molecule has 1 aromatic heterocycles. The smallest absolute Gasteiger partial charge is 0.145 e. The van der Waals surface area contributed by atoms with Crippen LogP contribution in [0.5, 0.6) is 11.5 Å². The van der Waals surface area contributed by atoms with Crippen LogP contribution in [0.25, 0.3) is 0 Å². The van der Waals surface area contributed by atoms with Gasteiger partial charge in [-0.3, -0.25) is 0 Å². The molecule has 0 atom stereocenters. The first-order valence-electron chi connectivity index (χ1n) is 6.85. The van der Waals surface area contributed by atoms with Gasteiger partial charge in [-0.2, -0.15) is 0 Å². The average Bonchev–Trinajstić information content (AvgIpc) is 2.93. The van der Waals surface area contributed by atoms with Crippen molar-refractivity contribution < 1.29 is 9.47 Å². The molecule has 0 fully saturated rings. The third kappa shape index (κ3) is 3.61. The zero-order valence-electron chi connectivity index (χ0n) is 12.5. The van der Waals surface area contributed by atoms with E-state index in [9.17, 15) is 0 Å². The lowest BCUT2D eigenvalue weighted by Crippen LogP contribution is -2.09. The number of hydrogen-bond donors (Lipinski definition) is 1. The molecule has 1 aromatic carbocycles. The second kappa shape index (κ2) is 7.22. The number of nitrogens with zero attached hydrogens (tertiary/aromatic N) is 2. The van der Waals surface area contributed by atoms with E-state index >= 15 is 0 Å². The van der Waals surface area contributed by atoms with Gasteiger partial charge >= 0.3 is 0 Å². The van der Waals surface area contributed by atoms with Crippen molar-refractivity contribution in [2.75, 3.05) is 19.5 Å². The summed E-state index contributed by atoms with van der Waals surface area (Å²) in [5, 5.41) is 3.85. The normalized spacial score (nSPS) is 10.5. The molecule has 1 heterocycles. The fraction of sp³-hybridized carbons (Fsp3) is 0.400. The van der Waals surface area contributed by atoms with Crippen molar-refractivity contribution >= 4 is 17.3 Å². The van der Waals surface area contributed by atoms with Crippen molar-refractivity contribution in [2.24, 2.45) is 0 Å². The number of aromatic nitrogens is 2. The number of benzene rings is 1. The maximum absolute atomic E-state index is 6.16. The van der Waals surface area contributed by atoms with Crippen molar-refractivity contribution in [1.29, 1.82) is 0 Å². The Morgan fingerprint density at radius 3 is 2.67 bits per heavy atom. The molecule has 0 saturated carbocycles. The first-order valence-corrected chi connectivity index (χ1v) is 7.22. The van der Waals surface area contributed by atoms with Crippen LogP contribution in [-0.2, 0) is 13.1 Å². The maximum Gasteiger partial charge on any atom is 0.145 e. The highest BCUT2D eigenvalue weighted by Crippen LogP contribution is 2.36. The molecule has 0 aliphatic rings. The average molecular weight is 310 g/mol. The molecule has 1 N–H and O–H groups in total. The van der Waals surface area contributed by atoms with Crippen LogP contribution in [-0.4, -0.2) is 23.8 Å². The number of ether oxygens (including phenoxy) is 2. The predicted octanol–water partition coefficient (Wildman–Crippen LogP) is 3.58. The molecule has 0 saturated heterocycles. The summed E-state index contributed by atoms with van der Waals surface area (Å²) >= 11 is 6.16. The highest BCUT2D eigenvalue weighted by atomic mass is 35.5. The van der Waals surface area contributed by atoms with E-state index in [-0.39, 0.29) is 0 Å². The van der Waals surface area contributed by atoms with Crippen LogP contribution in [0.3, 0.4) is 0 Å². The third-order valence-corrected chi connectivity index (χ3v) is 3.47. The van der Waals surface area contributed by atoms with Gasteiger partial charge in [0, 0.05) is 25.0 Å². The van der Waals surface area contributed by atoms with Gasteiger partial charge in [-0.15, -0.1) is 0 Å². The first-order chi connectivity index (χ1) is 10.2. The van der Waals surface area contributed by atoms with Crippen LogP contribution in [0, 0.1) is 0 Å². The summed E-state index contributed by atoms with van der Waals surface area (Å²) < 4.78 is 12.7. The minimum Gasteiger partial charge on any atom is -0.495 e. The molecule has 0 spiro atoms. The minimum atomic E-state index is 0.540. The molecule has 0 radical (unpaired) electrons. The van der Waals surface area contributed by atoms with E-state index in [0.29, 0.717) is 23.1 Å². The van der Waals surface area contributed by atoms with E-state index in [0.717, 1.165) is 24.5 Å². The topological polar surface area (TPSA) is 48.3 Å². The highest BCUT2D eigenvalue weighted by molar-refractivity contribution is 6.32. The van der Waals surface area contributed by atoms with Crippen molar-refractivity contribution in [1.82, 2.24) is 9.55 Å². The second-order valence-electron chi connectivity index (χ2n) is 4.58. The van der Waals surface area contributed by atoms with Crippen LogP contribution < -0.4 is 14.8 Å². The van der Waals surface area contributed by atoms with Crippen LogP contribution >= 0.6 is 11.6 Å². The summed E-state index contributed by atoms with van der Waals surface area (Å²) in [6.45, 7) is 3.70. The molecular formula is C15H20ClN3O2. The molecule has 2 aromatic rings. The van der Waals surface area contributed by atoms with Crippen molar-refractivity contribution in [3.63, 3.8) is 0 Å². The number of aryl methyl sites for hydroxylation is 1. The summed E-state index contributed by atoms with van der Waals surface area (Å²) in [6, 6.07) is 3.56. The molecular weight excluding hydrogens is 290 g/mol. The van der Waals surface area contributed by atoms with E-state index in [4.69, 9.17) is 21.1 Å². The molecule has 21 heavy (non-hydrogen) atoms. The van der Waals surface area contributed by atoms with Gasteiger partial charge in [-0.1, -0.05) is 18.5 Å². The number of rotatable bonds is 7. The van der Waals surface area contributed by atoms with Gasteiger partial charge in [0.1, 0.15) is 17.3 Å². The van der Waals surface area contributed by atoms with Gasteiger partial charge < -0.3 is 19.4 Å².